The fourth-order valence-corrected chi connectivity index (χ4v) is 2.20. The van der Waals surface area contributed by atoms with E-state index in [1.165, 1.54) is 11.3 Å². The van der Waals surface area contributed by atoms with Gasteiger partial charge >= 0.3 is 0 Å². The Balaban J connectivity index is 0.000000514. The summed E-state index contributed by atoms with van der Waals surface area (Å²) in [6.45, 7) is 8.29. The number of hydrogen-bond acceptors (Lipinski definition) is 2. The number of nitrogens with zero attached hydrogens (tertiary/aromatic N) is 2. The molecule has 1 aromatic carbocycles. The van der Waals surface area contributed by atoms with Gasteiger partial charge in [-0.1, -0.05) is 39.0 Å². The number of amidine groups is 1. The minimum Gasteiger partial charge on any atom is -0.326 e. The summed E-state index contributed by atoms with van der Waals surface area (Å²) in [7, 11) is 0. The maximum Gasteiger partial charge on any atom is 0.128 e. The monoisotopic (exact) mass is 228 g/mol. The van der Waals surface area contributed by atoms with Crippen LogP contribution in [0.1, 0.15) is 26.3 Å². The molecule has 17 heavy (non-hydrogen) atoms. The van der Waals surface area contributed by atoms with Crippen LogP contribution in [0.3, 0.4) is 0 Å². The highest BCUT2D eigenvalue weighted by Crippen LogP contribution is 2.29. The van der Waals surface area contributed by atoms with Gasteiger partial charge < -0.3 is 4.90 Å². The van der Waals surface area contributed by atoms with E-state index in [0.717, 1.165) is 18.9 Å². The van der Waals surface area contributed by atoms with Crippen LogP contribution in [0.4, 0.5) is 5.69 Å². The SMILES string of the molecule is CC.CC1CN=C2C=Cc3ccccc3N2C1. The van der Waals surface area contributed by atoms with Crippen molar-refractivity contribution in [1.82, 2.24) is 0 Å². The van der Waals surface area contributed by atoms with Crippen molar-refractivity contribution in [2.45, 2.75) is 20.8 Å². The molecule has 0 N–H and O–H groups in total. The third kappa shape index (κ3) is 2.26. The molecule has 2 heterocycles. The largest absolute Gasteiger partial charge is 0.326 e. The number of aliphatic imine (C=N–C) groups is 1. The smallest absolute Gasteiger partial charge is 0.128 e. The van der Waals surface area contributed by atoms with Gasteiger partial charge in [0.05, 0.1) is 0 Å². The van der Waals surface area contributed by atoms with Crippen molar-refractivity contribution in [1.29, 1.82) is 0 Å². The molecule has 0 radical (unpaired) electrons. The molecule has 2 aliphatic heterocycles. The molecule has 3 rings (SSSR count). The van der Waals surface area contributed by atoms with Crippen LogP contribution in [0.15, 0.2) is 35.3 Å². The van der Waals surface area contributed by atoms with Gasteiger partial charge in [-0.3, -0.25) is 4.99 Å². The Bertz CT molecular complexity index is 446. The topological polar surface area (TPSA) is 15.6 Å². The van der Waals surface area contributed by atoms with Crippen LogP contribution in [0.25, 0.3) is 6.08 Å². The van der Waals surface area contributed by atoms with Gasteiger partial charge in [-0.15, -0.1) is 0 Å². The second kappa shape index (κ2) is 5.17. The fraction of sp³-hybridized carbons (Fsp3) is 0.400. The Labute approximate surface area is 104 Å². The molecule has 0 spiro atoms. The summed E-state index contributed by atoms with van der Waals surface area (Å²) in [6.07, 6.45) is 4.27. The molecule has 0 fully saturated rings. The lowest BCUT2D eigenvalue weighted by molar-refractivity contribution is 0.585. The van der Waals surface area contributed by atoms with Crippen LogP contribution in [-0.2, 0) is 0 Å². The molecular weight excluding hydrogens is 208 g/mol. The quantitative estimate of drug-likeness (QED) is 0.662. The zero-order chi connectivity index (χ0) is 12.3. The van der Waals surface area contributed by atoms with Crippen LogP contribution in [0.5, 0.6) is 0 Å². The van der Waals surface area contributed by atoms with Crippen LogP contribution in [0.2, 0.25) is 0 Å². The van der Waals surface area contributed by atoms with Crippen molar-refractivity contribution >= 4 is 17.6 Å². The Morgan fingerprint density at radius 2 is 1.94 bits per heavy atom. The van der Waals surface area contributed by atoms with E-state index >= 15 is 0 Å². The van der Waals surface area contributed by atoms with Crippen molar-refractivity contribution in [3.8, 4) is 0 Å². The number of rotatable bonds is 0. The number of benzene rings is 1. The summed E-state index contributed by atoms with van der Waals surface area (Å²) >= 11 is 0. The van der Waals surface area contributed by atoms with Crippen LogP contribution in [0, 0.1) is 5.92 Å². The Hall–Kier alpha value is -1.57. The minimum absolute atomic E-state index is 0.647. The van der Waals surface area contributed by atoms with Gasteiger partial charge in [0.2, 0.25) is 0 Å². The highest BCUT2D eigenvalue weighted by molar-refractivity contribution is 6.12. The maximum absolute atomic E-state index is 4.59. The van der Waals surface area contributed by atoms with E-state index in [9.17, 15) is 0 Å². The molecule has 2 nitrogen and oxygen atoms in total. The first-order valence-electron chi connectivity index (χ1n) is 6.44. The second-order valence-corrected chi connectivity index (χ2v) is 4.31. The Morgan fingerprint density at radius 3 is 2.76 bits per heavy atom. The van der Waals surface area contributed by atoms with Gasteiger partial charge in [-0.05, 0) is 29.7 Å². The minimum atomic E-state index is 0.647. The summed E-state index contributed by atoms with van der Waals surface area (Å²) in [5, 5.41) is 0. The first-order valence-corrected chi connectivity index (χ1v) is 6.44. The first kappa shape index (κ1) is 11.9. The van der Waals surface area contributed by atoms with E-state index < -0.39 is 0 Å². The molecule has 2 aliphatic rings. The van der Waals surface area contributed by atoms with Gasteiger partial charge in [0.1, 0.15) is 5.84 Å². The molecule has 1 unspecified atom stereocenters. The highest BCUT2D eigenvalue weighted by Gasteiger charge is 2.23. The second-order valence-electron chi connectivity index (χ2n) is 4.31. The van der Waals surface area contributed by atoms with Crippen LogP contribution < -0.4 is 4.90 Å². The van der Waals surface area contributed by atoms with E-state index in [-0.39, 0.29) is 0 Å². The lowest BCUT2D eigenvalue weighted by atomic mass is 10.0. The molecule has 0 saturated heterocycles. The summed E-state index contributed by atoms with van der Waals surface area (Å²) in [4.78, 5) is 6.91. The standard InChI is InChI=1S/C13H14N2.C2H6/c1-10-8-14-13-7-6-11-4-2-3-5-12(11)15(13)9-10;1-2/h2-7,10H,8-9H2,1H3;1-2H3. The molecule has 0 amide bonds. The molecule has 0 bridgehead atoms. The predicted molar refractivity (Wildman–Crippen MR) is 75.6 cm³/mol. The third-order valence-electron chi connectivity index (χ3n) is 2.98. The number of fused-ring (bicyclic) bond motifs is 3. The lowest BCUT2D eigenvalue weighted by Crippen LogP contribution is -2.40. The summed E-state index contributed by atoms with van der Waals surface area (Å²) in [5.41, 5.74) is 2.59. The molecule has 0 saturated carbocycles. The van der Waals surface area contributed by atoms with Crippen molar-refractivity contribution in [2.24, 2.45) is 10.9 Å². The molecule has 0 aliphatic carbocycles. The number of anilines is 1. The summed E-state index contributed by atoms with van der Waals surface area (Å²) in [5.74, 6) is 1.76. The van der Waals surface area contributed by atoms with E-state index in [0.29, 0.717) is 5.92 Å². The van der Waals surface area contributed by atoms with Gasteiger partial charge in [0.25, 0.3) is 0 Å². The molecule has 1 aromatic rings. The molecule has 0 aromatic heterocycles. The Morgan fingerprint density at radius 1 is 1.18 bits per heavy atom. The normalized spacial score (nSPS) is 20.8. The van der Waals surface area contributed by atoms with E-state index in [2.05, 4.69) is 53.2 Å². The van der Waals surface area contributed by atoms with Crippen LogP contribution >= 0.6 is 0 Å². The first-order chi connectivity index (χ1) is 8.34. The van der Waals surface area contributed by atoms with Crippen molar-refractivity contribution in [3.63, 3.8) is 0 Å². The number of para-hydroxylation sites is 1. The highest BCUT2D eigenvalue weighted by atomic mass is 15.2. The third-order valence-corrected chi connectivity index (χ3v) is 2.98. The maximum atomic E-state index is 4.59. The van der Waals surface area contributed by atoms with E-state index in [1.807, 2.05) is 13.8 Å². The predicted octanol–water partition coefficient (Wildman–Crippen LogP) is 3.59. The average Bonchev–Trinajstić information content (AvgIpc) is 2.41. The number of hydrogen-bond donors (Lipinski definition) is 0. The fourth-order valence-electron chi connectivity index (χ4n) is 2.20. The van der Waals surface area contributed by atoms with Crippen molar-refractivity contribution in [3.05, 3.63) is 35.9 Å². The lowest BCUT2D eigenvalue weighted by Gasteiger charge is -2.34. The van der Waals surface area contributed by atoms with Crippen molar-refractivity contribution in [2.75, 3.05) is 18.0 Å². The van der Waals surface area contributed by atoms with E-state index in [4.69, 9.17) is 0 Å². The molecular formula is C15H20N2. The van der Waals surface area contributed by atoms with E-state index in [1.54, 1.807) is 0 Å². The zero-order valence-electron chi connectivity index (χ0n) is 10.9. The van der Waals surface area contributed by atoms with Gasteiger partial charge in [-0.25, -0.2) is 0 Å². The van der Waals surface area contributed by atoms with Crippen molar-refractivity contribution < 1.29 is 0 Å². The molecule has 2 heteroatoms. The molecule has 1 atom stereocenters. The van der Waals surface area contributed by atoms with Crippen LogP contribution in [-0.4, -0.2) is 18.9 Å². The van der Waals surface area contributed by atoms with Gasteiger partial charge in [-0.2, -0.15) is 0 Å². The Kier molecular flexibility index (Phi) is 3.62. The van der Waals surface area contributed by atoms with Gasteiger partial charge in [0.15, 0.2) is 0 Å². The summed E-state index contributed by atoms with van der Waals surface area (Å²) in [6, 6.07) is 8.50. The van der Waals surface area contributed by atoms with Gasteiger partial charge in [0, 0.05) is 18.8 Å². The molecule has 90 valence electrons. The zero-order valence-corrected chi connectivity index (χ0v) is 10.9. The summed E-state index contributed by atoms with van der Waals surface area (Å²) < 4.78 is 0. The average molecular weight is 228 g/mol.